The fraction of sp³-hybridized carbons (Fsp3) is 0.320. The molecule has 3 N–H and O–H groups in total. The van der Waals surface area contributed by atoms with E-state index in [1.54, 1.807) is 54.6 Å². The molecule has 2 rings (SSSR count). The predicted octanol–water partition coefficient (Wildman–Crippen LogP) is 2.76. The third-order valence-electron chi connectivity index (χ3n) is 4.66. The summed E-state index contributed by atoms with van der Waals surface area (Å²) in [6.07, 6.45) is 2.44. The van der Waals surface area contributed by atoms with Gasteiger partial charge in [0.1, 0.15) is 0 Å². The first-order valence-electron chi connectivity index (χ1n) is 11.3. The van der Waals surface area contributed by atoms with Crippen LogP contribution in [0.1, 0.15) is 59.7 Å². The maximum atomic E-state index is 12.1. The fourth-order valence-electron chi connectivity index (χ4n) is 2.77. The third kappa shape index (κ3) is 10.5. The van der Waals surface area contributed by atoms with Crippen LogP contribution in [0.3, 0.4) is 0 Å². The van der Waals surface area contributed by atoms with E-state index in [1.807, 2.05) is 0 Å². The number of rotatable bonds is 12. The van der Waals surface area contributed by atoms with Gasteiger partial charge in [0.25, 0.3) is 11.8 Å². The summed E-state index contributed by atoms with van der Waals surface area (Å²) in [6.45, 7) is 1.82. The van der Waals surface area contributed by atoms with E-state index in [2.05, 4.69) is 23.1 Å². The highest BCUT2D eigenvalue weighted by Gasteiger charge is 2.13. The second-order valence-corrected chi connectivity index (χ2v) is 7.50. The summed E-state index contributed by atoms with van der Waals surface area (Å²) in [4.78, 5) is 59.3. The van der Waals surface area contributed by atoms with Gasteiger partial charge < -0.3 is 14.8 Å². The van der Waals surface area contributed by atoms with Crippen LogP contribution >= 0.6 is 0 Å². The maximum absolute atomic E-state index is 12.1. The SMILES string of the molecule is CCCCCOC(=O)c1ccc(NC(=O)CCC(=O)OCC(=O)NNC(=O)c2ccccc2)cc1. The van der Waals surface area contributed by atoms with Gasteiger partial charge >= 0.3 is 11.9 Å². The first-order chi connectivity index (χ1) is 16.9. The summed E-state index contributed by atoms with van der Waals surface area (Å²) in [6, 6.07) is 14.5. The molecular formula is C25H29N3O7. The molecule has 0 heterocycles. The van der Waals surface area contributed by atoms with Crippen LogP contribution < -0.4 is 16.2 Å². The lowest BCUT2D eigenvalue weighted by atomic mass is 10.2. The number of anilines is 1. The predicted molar refractivity (Wildman–Crippen MR) is 127 cm³/mol. The van der Waals surface area contributed by atoms with Gasteiger partial charge in [0, 0.05) is 17.7 Å². The van der Waals surface area contributed by atoms with Crippen molar-refractivity contribution < 1.29 is 33.4 Å². The van der Waals surface area contributed by atoms with E-state index in [0.29, 0.717) is 23.4 Å². The van der Waals surface area contributed by atoms with E-state index in [1.165, 1.54) is 0 Å². The van der Waals surface area contributed by atoms with Crippen molar-refractivity contribution >= 4 is 35.3 Å². The van der Waals surface area contributed by atoms with E-state index in [4.69, 9.17) is 9.47 Å². The lowest BCUT2D eigenvalue weighted by molar-refractivity contribution is -0.149. The van der Waals surface area contributed by atoms with Crippen LogP contribution in [-0.2, 0) is 23.9 Å². The van der Waals surface area contributed by atoms with E-state index in [0.717, 1.165) is 19.3 Å². The average molecular weight is 484 g/mol. The molecule has 0 bridgehead atoms. The van der Waals surface area contributed by atoms with Crippen LogP contribution in [0.15, 0.2) is 54.6 Å². The van der Waals surface area contributed by atoms with Crippen LogP contribution in [0.4, 0.5) is 5.69 Å². The van der Waals surface area contributed by atoms with Crippen LogP contribution in [0, 0.1) is 0 Å². The van der Waals surface area contributed by atoms with Crippen molar-refractivity contribution in [3.63, 3.8) is 0 Å². The lowest BCUT2D eigenvalue weighted by Crippen LogP contribution is -2.43. The lowest BCUT2D eigenvalue weighted by Gasteiger charge is -2.09. The molecule has 0 aliphatic heterocycles. The minimum absolute atomic E-state index is 0.160. The Bertz CT molecular complexity index is 1010. The topological polar surface area (TPSA) is 140 Å². The first-order valence-corrected chi connectivity index (χ1v) is 11.3. The number of amides is 3. The second-order valence-electron chi connectivity index (χ2n) is 7.50. The zero-order chi connectivity index (χ0) is 25.5. The molecule has 0 radical (unpaired) electrons. The Morgan fingerprint density at radius 2 is 1.46 bits per heavy atom. The van der Waals surface area contributed by atoms with E-state index in [-0.39, 0.29) is 12.8 Å². The standard InChI is InChI=1S/C25H29N3O7/c1-2-3-7-16-34-25(33)19-10-12-20(13-11-19)26-21(29)14-15-23(31)35-17-22(30)27-28-24(32)18-8-5-4-6-9-18/h4-6,8-13H,2-3,7,14-17H2,1H3,(H,26,29)(H,27,30)(H,28,32). The van der Waals surface area contributed by atoms with Crippen molar-refractivity contribution in [2.45, 2.75) is 39.0 Å². The highest BCUT2D eigenvalue weighted by Crippen LogP contribution is 2.12. The number of hydrogen-bond donors (Lipinski definition) is 3. The largest absolute Gasteiger partial charge is 0.462 e. The number of hydrazine groups is 1. The van der Waals surface area contributed by atoms with Crippen LogP contribution in [0.25, 0.3) is 0 Å². The monoisotopic (exact) mass is 483 g/mol. The second kappa shape index (κ2) is 14.8. The van der Waals surface area contributed by atoms with Crippen LogP contribution in [-0.4, -0.2) is 42.9 Å². The Morgan fingerprint density at radius 3 is 2.14 bits per heavy atom. The summed E-state index contributed by atoms with van der Waals surface area (Å²) >= 11 is 0. The summed E-state index contributed by atoms with van der Waals surface area (Å²) in [7, 11) is 0. The Hall–Kier alpha value is -4.21. The van der Waals surface area contributed by atoms with Gasteiger partial charge in [0.15, 0.2) is 6.61 Å². The van der Waals surface area contributed by atoms with Gasteiger partial charge in [-0.25, -0.2) is 4.79 Å². The molecule has 2 aromatic carbocycles. The highest BCUT2D eigenvalue weighted by molar-refractivity contribution is 5.96. The minimum atomic E-state index is -0.745. The number of esters is 2. The average Bonchev–Trinajstić information content (AvgIpc) is 2.88. The molecule has 0 saturated heterocycles. The first kappa shape index (κ1) is 27.0. The molecule has 0 aliphatic carbocycles. The van der Waals surface area contributed by atoms with Gasteiger partial charge in [-0.15, -0.1) is 0 Å². The molecule has 3 amide bonds. The number of nitrogens with one attached hydrogen (secondary N) is 3. The summed E-state index contributed by atoms with van der Waals surface area (Å²) < 4.78 is 9.97. The Labute approximate surface area is 203 Å². The summed E-state index contributed by atoms with van der Waals surface area (Å²) in [5.74, 6) is -2.84. The molecular weight excluding hydrogens is 454 g/mol. The highest BCUT2D eigenvalue weighted by atomic mass is 16.5. The van der Waals surface area contributed by atoms with Gasteiger partial charge in [0.05, 0.1) is 18.6 Å². The molecule has 10 nitrogen and oxygen atoms in total. The van der Waals surface area contributed by atoms with Gasteiger partial charge in [0.2, 0.25) is 5.91 Å². The quantitative estimate of drug-likeness (QED) is 0.240. The normalized spacial score (nSPS) is 10.1. The van der Waals surface area contributed by atoms with Crippen molar-refractivity contribution in [3.05, 3.63) is 65.7 Å². The van der Waals surface area contributed by atoms with Gasteiger partial charge in [-0.1, -0.05) is 38.0 Å². The van der Waals surface area contributed by atoms with E-state index >= 15 is 0 Å². The summed E-state index contributed by atoms with van der Waals surface area (Å²) in [5, 5.41) is 2.61. The molecule has 0 fully saturated rings. The molecule has 10 heteroatoms. The third-order valence-corrected chi connectivity index (χ3v) is 4.66. The minimum Gasteiger partial charge on any atom is -0.462 e. The number of hydrogen-bond acceptors (Lipinski definition) is 7. The number of ether oxygens (including phenoxy) is 2. The maximum Gasteiger partial charge on any atom is 0.338 e. The molecule has 186 valence electrons. The molecule has 0 aliphatic rings. The van der Waals surface area contributed by atoms with Crippen molar-refractivity contribution in [1.29, 1.82) is 0 Å². The van der Waals surface area contributed by atoms with Crippen LogP contribution in [0.2, 0.25) is 0 Å². The fourth-order valence-corrected chi connectivity index (χ4v) is 2.77. The van der Waals surface area contributed by atoms with Gasteiger partial charge in [-0.3, -0.25) is 30.0 Å². The number of benzene rings is 2. The van der Waals surface area contributed by atoms with Crippen molar-refractivity contribution in [3.8, 4) is 0 Å². The zero-order valence-electron chi connectivity index (χ0n) is 19.5. The van der Waals surface area contributed by atoms with Gasteiger partial charge in [-0.2, -0.15) is 0 Å². The molecule has 2 aromatic rings. The Balaban J connectivity index is 1.63. The van der Waals surface area contributed by atoms with E-state index < -0.39 is 36.3 Å². The van der Waals surface area contributed by atoms with Gasteiger partial charge in [-0.05, 0) is 42.8 Å². The molecule has 0 saturated carbocycles. The number of carbonyl (C=O) groups excluding carboxylic acids is 5. The smallest absolute Gasteiger partial charge is 0.338 e. The zero-order valence-corrected chi connectivity index (χ0v) is 19.5. The Kier molecular flexibility index (Phi) is 11.5. The Morgan fingerprint density at radius 1 is 0.743 bits per heavy atom. The molecule has 0 aromatic heterocycles. The molecule has 0 atom stereocenters. The molecule has 35 heavy (non-hydrogen) atoms. The summed E-state index contributed by atoms with van der Waals surface area (Å²) in [5.41, 5.74) is 5.53. The number of unbranched alkanes of at least 4 members (excludes halogenated alkanes) is 2. The van der Waals surface area contributed by atoms with E-state index in [9.17, 15) is 24.0 Å². The number of carbonyl (C=O) groups is 5. The molecule has 0 unspecified atom stereocenters. The molecule has 0 spiro atoms. The van der Waals surface area contributed by atoms with Crippen molar-refractivity contribution in [1.82, 2.24) is 10.9 Å². The van der Waals surface area contributed by atoms with Crippen molar-refractivity contribution in [2.24, 2.45) is 0 Å². The van der Waals surface area contributed by atoms with Crippen LogP contribution in [0.5, 0.6) is 0 Å². The van der Waals surface area contributed by atoms with Crippen molar-refractivity contribution in [2.75, 3.05) is 18.5 Å².